The Kier molecular flexibility index (Phi) is 4.86. The topological polar surface area (TPSA) is 55.2 Å². The van der Waals surface area contributed by atoms with E-state index in [1.165, 1.54) is 21.4 Å². The molecule has 4 rings (SSSR count). The third kappa shape index (κ3) is 3.08. The molecule has 5 nitrogen and oxygen atoms in total. The van der Waals surface area contributed by atoms with Crippen molar-refractivity contribution in [2.75, 3.05) is 6.54 Å². The molecular weight excluding hydrogens is 346 g/mol. The zero-order chi connectivity index (χ0) is 18.3. The SMILES string of the molecule is CC[C@@H]1CCCCN1C(=O)Cn1cnc2sc3c(c2c1=O)CC[C@H](C)C3. The number of aryl methyl sites for hydroxylation is 1. The number of piperidine rings is 1. The highest BCUT2D eigenvalue weighted by Crippen LogP contribution is 2.35. The summed E-state index contributed by atoms with van der Waals surface area (Å²) in [4.78, 5) is 34.6. The van der Waals surface area contributed by atoms with Crippen LogP contribution in [0.1, 0.15) is 56.4 Å². The zero-order valence-corrected chi connectivity index (χ0v) is 16.5. The Hall–Kier alpha value is -1.69. The van der Waals surface area contributed by atoms with Crippen molar-refractivity contribution in [1.29, 1.82) is 0 Å². The van der Waals surface area contributed by atoms with Crippen molar-refractivity contribution in [2.45, 2.75) is 71.4 Å². The first kappa shape index (κ1) is 17.7. The quantitative estimate of drug-likeness (QED) is 0.829. The minimum absolute atomic E-state index is 0.0412. The van der Waals surface area contributed by atoms with Gasteiger partial charge in [0.25, 0.3) is 5.56 Å². The van der Waals surface area contributed by atoms with Crippen molar-refractivity contribution in [2.24, 2.45) is 5.92 Å². The van der Waals surface area contributed by atoms with Crippen LogP contribution in [0.3, 0.4) is 0 Å². The first-order valence-electron chi connectivity index (χ1n) is 9.87. The number of carbonyl (C=O) groups excluding carboxylic acids is 1. The number of hydrogen-bond donors (Lipinski definition) is 0. The summed E-state index contributed by atoms with van der Waals surface area (Å²) in [6, 6.07) is 0.319. The lowest BCUT2D eigenvalue weighted by molar-refractivity contribution is -0.135. The fourth-order valence-electron chi connectivity index (χ4n) is 4.47. The predicted octanol–water partition coefficient (Wildman–Crippen LogP) is 3.37. The maximum Gasteiger partial charge on any atom is 0.262 e. The van der Waals surface area contributed by atoms with Crippen LogP contribution in [-0.2, 0) is 24.2 Å². The molecule has 0 aromatic carbocycles. The number of carbonyl (C=O) groups is 1. The molecule has 0 saturated carbocycles. The number of aromatic nitrogens is 2. The summed E-state index contributed by atoms with van der Waals surface area (Å²) >= 11 is 1.66. The molecule has 2 aromatic rings. The van der Waals surface area contributed by atoms with Crippen LogP contribution < -0.4 is 5.56 Å². The van der Waals surface area contributed by atoms with Crippen LogP contribution in [0, 0.1) is 5.92 Å². The Morgan fingerprint density at radius 3 is 3.00 bits per heavy atom. The molecule has 3 heterocycles. The Balaban J connectivity index is 1.64. The van der Waals surface area contributed by atoms with E-state index in [1.807, 2.05) is 4.90 Å². The van der Waals surface area contributed by atoms with Gasteiger partial charge in [0.1, 0.15) is 11.4 Å². The van der Waals surface area contributed by atoms with E-state index in [-0.39, 0.29) is 18.0 Å². The molecule has 1 aliphatic heterocycles. The van der Waals surface area contributed by atoms with E-state index in [2.05, 4.69) is 18.8 Å². The van der Waals surface area contributed by atoms with Gasteiger partial charge in [-0.2, -0.15) is 0 Å². The van der Waals surface area contributed by atoms with Crippen molar-refractivity contribution in [3.05, 3.63) is 27.1 Å². The molecule has 1 amide bonds. The summed E-state index contributed by atoms with van der Waals surface area (Å²) in [5.74, 6) is 0.724. The fourth-order valence-corrected chi connectivity index (χ4v) is 5.81. The third-order valence-corrected chi connectivity index (χ3v) is 7.17. The second-order valence-corrected chi connectivity index (χ2v) is 8.94. The highest BCUT2D eigenvalue weighted by atomic mass is 32.1. The average molecular weight is 374 g/mol. The van der Waals surface area contributed by atoms with Gasteiger partial charge in [0.15, 0.2) is 0 Å². The van der Waals surface area contributed by atoms with Crippen molar-refractivity contribution in [1.82, 2.24) is 14.5 Å². The first-order valence-corrected chi connectivity index (χ1v) is 10.7. The Bertz CT molecular complexity index is 885. The molecule has 2 aromatic heterocycles. The normalized spacial score (nSPS) is 23.2. The minimum atomic E-state index is -0.0412. The molecule has 1 aliphatic carbocycles. The summed E-state index contributed by atoms with van der Waals surface area (Å²) < 4.78 is 1.52. The van der Waals surface area contributed by atoms with Crippen molar-refractivity contribution >= 4 is 27.5 Å². The molecule has 2 atom stereocenters. The van der Waals surface area contributed by atoms with Gasteiger partial charge in [0.05, 0.1) is 11.7 Å². The van der Waals surface area contributed by atoms with E-state index in [4.69, 9.17) is 0 Å². The van der Waals surface area contributed by atoms with Crippen LogP contribution in [0.2, 0.25) is 0 Å². The van der Waals surface area contributed by atoms with Gasteiger partial charge in [-0.05, 0) is 56.4 Å². The first-order chi connectivity index (χ1) is 12.6. The van der Waals surface area contributed by atoms with Crippen LogP contribution in [0.15, 0.2) is 11.1 Å². The number of amides is 1. The van der Waals surface area contributed by atoms with E-state index >= 15 is 0 Å². The number of thiophene rings is 1. The van der Waals surface area contributed by atoms with Gasteiger partial charge in [-0.3, -0.25) is 14.2 Å². The molecule has 0 unspecified atom stereocenters. The molecule has 140 valence electrons. The van der Waals surface area contributed by atoms with E-state index in [1.54, 1.807) is 17.7 Å². The summed E-state index contributed by atoms with van der Waals surface area (Å²) in [5.41, 5.74) is 1.15. The zero-order valence-electron chi connectivity index (χ0n) is 15.7. The molecule has 0 bridgehead atoms. The minimum Gasteiger partial charge on any atom is -0.338 e. The smallest absolute Gasteiger partial charge is 0.262 e. The maximum atomic E-state index is 13.1. The van der Waals surface area contributed by atoms with Gasteiger partial charge in [-0.1, -0.05) is 13.8 Å². The average Bonchev–Trinajstić information content (AvgIpc) is 3.02. The number of nitrogens with zero attached hydrogens (tertiary/aromatic N) is 3. The predicted molar refractivity (Wildman–Crippen MR) is 105 cm³/mol. The highest BCUT2D eigenvalue weighted by molar-refractivity contribution is 7.18. The van der Waals surface area contributed by atoms with E-state index in [0.717, 1.165) is 55.3 Å². The number of fused-ring (bicyclic) bond motifs is 3. The number of likely N-dealkylation sites (tertiary alicyclic amines) is 1. The van der Waals surface area contributed by atoms with Gasteiger partial charge in [-0.25, -0.2) is 4.98 Å². The largest absolute Gasteiger partial charge is 0.338 e. The van der Waals surface area contributed by atoms with Crippen molar-refractivity contribution in [3.63, 3.8) is 0 Å². The summed E-state index contributed by atoms with van der Waals surface area (Å²) in [5, 5.41) is 0.762. The molecule has 1 saturated heterocycles. The second-order valence-electron chi connectivity index (χ2n) is 7.85. The molecule has 0 N–H and O–H groups in total. The van der Waals surface area contributed by atoms with E-state index in [0.29, 0.717) is 12.0 Å². The molecule has 2 aliphatic rings. The van der Waals surface area contributed by atoms with Crippen molar-refractivity contribution < 1.29 is 4.79 Å². The third-order valence-electron chi connectivity index (χ3n) is 6.01. The molecule has 1 fully saturated rings. The number of rotatable bonds is 3. The van der Waals surface area contributed by atoms with Crippen LogP contribution in [0.25, 0.3) is 10.2 Å². The van der Waals surface area contributed by atoms with E-state index in [9.17, 15) is 9.59 Å². The lowest BCUT2D eigenvalue weighted by Crippen LogP contribution is -2.45. The van der Waals surface area contributed by atoms with Crippen LogP contribution >= 0.6 is 11.3 Å². The van der Waals surface area contributed by atoms with Crippen LogP contribution in [0.5, 0.6) is 0 Å². The van der Waals surface area contributed by atoms with Crippen LogP contribution in [0.4, 0.5) is 0 Å². The molecule has 26 heavy (non-hydrogen) atoms. The molecule has 6 heteroatoms. The van der Waals surface area contributed by atoms with Crippen molar-refractivity contribution in [3.8, 4) is 0 Å². The number of hydrogen-bond acceptors (Lipinski definition) is 4. The maximum absolute atomic E-state index is 13.1. The highest BCUT2D eigenvalue weighted by Gasteiger charge is 2.27. The van der Waals surface area contributed by atoms with Gasteiger partial charge in [0, 0.05) is 17.5 Å². The van der Waals surface area contributed by atoms with Gasteiger partial charge in [-0.15, -0.1) is 11.3 Å². The van der Waals surface area contributed by atoms with Gasteiger partial charge < -0.3 is 4.90 Å². The lowest BCUT2D eigenvalue weighted by atomic mass is 9.89. The standard InChI is InChI=1S/C20H27N3O2S/c1-3-14-6-4-5-9-23(14)17(24)11-22-12-21-19-18(20(22)25)15-8-7-13(2)10-16(15)26-19/h12-14H,3-11H2,1-2H3/t13-,14+/m0/s1. The Morgan fingerprint density at radius 2 is 2.19 bits per heavy atom. The molecule has 0 spiro atoms. The second kappa shape index (κ2) is 7.14. The summed E-state index contributed by atoms with van der Waals surface area (Å²) in [6.45, 7) is 5.32. The molecular formula is C20H27N3O2S. The van der Waals surface area contributed by atoms with Crippen LogP contribution in [-0.4, -0.2) is 32.9 Å². The van der Waals surface area contributed by atoms with Gasteiger partial charge in [0.2, 0.25) is 5.91 Å². The monoisotopic (exact) mass is 373 g/mol. The van der Waals surface area contributed by atoms with E-state index < -0.39 is 0 Å². The summed E-state index contributed by atoms with van der Waals surface area (Å²) in [6.07, 6.45) is 8.99. The fraction of sp³-hybridized carbons (Fsp3) is 0.650. The Labute approximate surface area is 158 Å². The lowest BCUT2D eigenvalue weighted by Gasteiger charge is -2.35. The Morgan fingerprint density at radius 1 is 1.35 bits per heavy atom. The van der Waals surface area contributed by atoms with Gasteiger partial charge >= 0.3 is 0 Å². The molecule has 0 radical (unpaired) electrons. The summed E-state index contributed by atoms with van der Waals surface area (Å²) in [7, 11) is 0.